The molecule has 2 N–H and O–H groups in total. The molecule has 7 heteroatoms. The molecule has 0 bridgehead atoms. The van der Waals surface area contributed by atoms with Crippen LogP contribution in [0.2, 0.25) is 5.02 Å². The van der Waals surface area contributed by atoms with Gasteiger partial charge in [0, 0.05) is 12.2 Å². The predicted octanol–water partition coefficient (Wildman–Crippen LogP) is 1.08. The van der Waals surface area contributed by atoms with E-state index < -0.39 is 23.9 Å². The molecule has 0 spiro atoms. The number of aliphatic hydroxyl groups is 1. The fourth-order valence-electron chi connectivity index (χ4n) is 2.02. The van der Waals surface area contributed by atoms with E-state index in [1.54, 1.807) is 0 Å². The SMILES string of the molecule is C[C@@H](O)C(=O)N[C@H]1CCN(c2ccc(F)c(Cl)c2)C1=O. The number of amides is 2. The summed E-state index contributed by atoms with van der Waals surface area (Å²) in [5.41, 5.74) is 0.482. The third-order valence-corrected chi connectivity index (χ3v) is 3.41. The number of hydrogen-bond donors (Lipinski definition) is 2. The molecule has 0 aromatic heterocycles. The van der Waals surface area contributed by atoms with Crippen molar-refractivity contribution in [3.05, 3.63) is 29.0 Å². The highest BCUT2D eigenvalue weighted by molar-refractivity contribution is 6.31. The number of aliphatic hydroxyl groups excluding tert-OH is 1. The van der Waals surface area contributed by atoms with Gasteiger partial charge in [0.05, 0.1) is 5.02 Å². The van der Waals surface area contributed by atoms with Crippen LogP contribution in [0.3, 0.4) is 0 Å². The monoisotopic (exact) mass is 300 g/mol. The normalized spacial score (nSPS) is 20.1. The Hall–Kier alpha value is -1.66. The Labute approximate surface area is 120 Å². The highest BCUT2D eigenvalue weighted by Gasteiger charge is 2.34. The van der Waals surface area contributed by atoms with Gasteiger partial charge in [0.1, 0.15) is 18.0 Å². The van der Waals surface area contributed by atoms with Gasteiger partial charge in [0.15, 0.2) is 0 Å². The Kier molecular flexibility index (Phi) is 4.25. The molecule has 2 amide bonds. The molecule has 0 saturated carbocycles. The van der Waals surface area contributed by atoms with Gasteiger partial charge >= 0.3 is 0 Å². The third kappa shape index (κ3) is 2.91. The average molecular weight is 301 g/mol. The summed E-state index contributed by atoms with van der Waals surface area (Å²) in [5, 5.41) is 11.5. The molecule has 20 heavy (non-hydrogen) atoms. The second-order valence-electron chi connectivity index (χ2n) is 4.61. The summed E-state index contributed by atoms with van der Waals surface area (Å²) in [6, 6.07) is 3.33. The van der Waals surface area contributed by atoms with Crippen molar-refractivity contribution in [2.75, 3.05) is 11.4 Å². The summed E-state index contributed by atoms with van der Waals surface area (Å²) in [6.07, 6.45) is -0.746. The number of benzene rings is 1. The second-order valence-corrected chi connectivity index (χ2v) is 5.02. The van der Waals surface area contributed by atoms with Gasteiger partial charge < -0.3 is 15.3 Å². The van der Waals surface area contributed by atoms with Gasteiger partial charge in [-0.05, 0) is 31.5 Å². The summed E-state index contributed by atoms with van der Waals surface area (Å²) in [4.78, 5) is 25.0. The molecule has 108 valence electrons. The van der Waals surface area contributed by atoms with Crippen LogP contribution < -0.4 is 10.2 Å². The maximum absolute atomic E-state index is 13.1. The van der Waals surface area contributed by atoms with Crippen molar-refractivity contribution in [3.63, 3.8) is 0 Å². The molecule has 1 aliphatic rings. The van der Waals surface area contributed by atoms with Crippen LogP contribution in [0.15, 0.2) is 18.2 Å². The van der Waals surface area contributed by atoms with Gasteiger partial charge in [-0.2, -0.15) is 0 Å². The van der Waals surface area contributed by atoms with Crippen molar-refractivity contribution in [2.45, 2.75) is 25.5 Å². The number of rotatable bonds is 3. The first-order chi connectivity index (χ1) is 9.40. The Morgan fingerprint density at radius 1 is 1.60 bits per heavy atom. The summed E-state index contributed by atoms with van der Waals surface area (Å²) in [7, 11) is 0. The molecule has 2 atom stereocenters. The lowest BCUT2D eigenvalue weighted by molar-refractivity contribution is -0.131. The Morgan fingerprint density at radius 3 is 2.90 bits per heavy atom. The summed E-state index contributed by atoms with van der Waals surface area (Å²) in [6.45, 7) is 1.72. The highest BCUT2D eigenvalue weighted by Crippen LogP contribution is 2.26. The lowest BCUT2D eigenvalue weighted by Gasteiger charge is -2.18. The van der Waals surface area contributed by atoms with Crippen molar-refractivity contribution in [1.82, 2.24) is 5.32 Å². The minimum Gasteiger partial charge on any atom is -0.384 e. The lowest BCUT2D eigenvalue weighted by Crippen LogP contribution is -2.44. The maximum atomic E-state index is 13.1. The molecule has 0 aliphatic carbocycles. The van der Waals surface area contributed by atoms with Crippen LogP contribution in [0.1, 0.15) is 13.3 Å². The summed E-state index contributed by atoms with van der Waals surface area (Å²) < 4.78 is 13.1. The van der Waals surface area contributed by atoms with Crippen LogP contribution in [0.25, 0.3) is 0 Å². The van der Waals surface area contributed by atoms with Gasteiger partial charge in [0.25, 0.3) is 0 Å². The van der Waals surface area contributed by atoms with E-state index in [1.165, 1.54) is 30.0 Å². The summed E-state index contributed by atoms with van der Waals surface area (Å²) >= 11 is 5.69. The Balaban J connectivity index is 2.11. The molecule has 1 fully saturated rings. The van der Waals surface area contributed by atoms with E-state index in [2.05, 4.69) is 5.32 Å². The number of carbonyl (C=O) groups excluding carboxylic acids is 2. The zero-order chi connectivity index (χ0) is 14.9. The largest absolute Gasteiger partial charge is 0.384 e. The first kappa shape index (κ1) is 14.7. The molecule has 0 radical (unpaired) electrons. The van der Waals surface area contributed by atoms with Gasteiger partial charge in [0.2, 0.25) is 11.8 Å². The highest BCUT2D eigenvalue weighted by atomic mass is 35.5. The fraction of sp³-hybridized carbons (Fsp3) is 0.385. The molecule has 2 rings (SSSR count). The number of halogens is 2. The molecule has 1 aliphatic heterocycles. The molecule has 0 unspecified atom stereocenters. The van der Waals surface area contributed by atoms with E-state index in [0.29, 0.717) is 18.7 Å². The minimum atomic E-state index is -1.17. The third-order valence-electron chi connectivity index (χ3n) is 3.12. The zero-order valence-corrected chi connectivity index (χ0v) is 11.5. The predicted molar refractivity (Wildman–Crippen MR) is 72.0 cm³/mol. The van der Waals surface area contributed by atoms with Gasteiger partial charge in [-0.15, -0.1) is 0 Å². The average Bonchev–Trinajstić information content (AvgIpc) is 2.74. The minimum absolute atomic E-state index is 0.0632. The Morgan fingerprint density at radius 2 is 2.30 bits per heavy atom. The topological polar surface area (TPSA) is 69.6 Å². The van der Waals surface area contributed by atoms with Crippen molar-refractivity contribution in [3.8, 4) is 0 Å². The van der Waals surface area contributed by atoms with Gasteiger partial charge in [-0.3, -0.25) is 9.59 Å². The number of nitrogens with zero attached hydrogens (tertiary/aromatic N) is 1. The van der Waals surface area contributed by atoms with Crippen LogP contribution in [-0.2, 0) is 9.59 Å². The van der Waals surface area contributed by atoms with E-state index in [4.69, 9.17) is 16.7 Å². The number of nitrogens with one attached hydrogen (secondary N) is 1. The first-order valence-electron chi connectivity index (χ1n) is 6.15. The fourth-order valence-corrected chi connectivity index (χ4v) is 2.19. The van der Waals surface area contributed by atoms with Crippen LogP contribution in [-0.4, -0.2) is 35.6 Å². The van der Waals surface area contributed by atoms with Crippen molar-refractivity contribution in [1.29, 1.82) is 0 Å². The number of carbonyl (C=O) groups is 2. The van der Waals surface area contributed by atoms with Crippen LogP contribution >= 0.6 is 11.6 Å². The first-order valence-corrected chi connectivity index (χ1v) is 6.53. The smallest absolute Gasteiger partial charge is 0.249 e. The standard InChI is InChI=1S/C13H14ClFN2O3/c1-7(18)12(19)16-11-4-5-17(13(11)20)8-2-3-10(15)9(14)6-8/h2-3,6-7,11,18H,4-5H2,1H3,(H,16,19)/t7-,11+/m1/s1. The van der Waals surface area contributed by atoms with Crippen molar-refractivity contribution < 1.29 is 19.1 Å². The molecule has 1 heterocycles. The number of hydrogen-bond acceptors (Lipinski definition) is 3. The van der Waals surface area contributed by atoms with E-state index in [0.717, 1.165) is 0 Å². The van der Waals surface area contributed by atoms with E-state index >= 15 is 0 Å². The quantitative estimate of drug-likeness (QED) is 0.877. The van der Waals surface area contributed by atoms with Gasteiger partial charge in [-0.1, -0.05) is 11.6 Å². The van der Waals surface area contributed by atoms with E-state index in [-0.39, 0.29) is 10.9 Å². The van der Waals surface area contributed by atoms with Crippen LogP contribution in [0.5, 0.6) is 0 Å². The van der Waals surface area contributed by atoms with Crippen LogP contribution in [0.4, 0.5) is 10.1 Å². The molecule has 5 nitrogen and oxygen atoms in total. The van der Waals surface area contributed by atoms with Crippen molar-refractivity contribution >= 4 is 29.1 Å². The molecular formula is C13H14ClFN2O3. The molecular weight excluding hydrogens is 287 g/mol. The van der Waals surface area contributed by atoms with E-state index in [1.807, 2.05) is 0 Å². The van der Waals surface area contributed by atoms with Crippen molar-refractivity contribution in [2.24, 2.45) is 0 Å². The molecule has 1 aromatic rings. The molecule has 1 aromatic carbocycles. The Bertz CT molecular complexity index is 550. The van der Waals surface area contributed by atoms with Gasteiger partial charge in [-0.25, -0.2) is 4.39 Å². The van der Waals surface area contributed by atoms with Crippen LogP contribution in [0, 0.1) is 5.82 Å². The maximum Gasteiger partial charge on any atom is 0.249 e. The number of anilines is 1. The lowest BCUT2D eigenvalue weighted by atomic mass is 10.2. The van der Waals surface area contributed by atoms with E-state index in [9.17, 15) is 14.0 Å². The molecule has 1 saturated heterocycles. The summed E-state index contributed by atoms with van der Waals surface area (Å²) in [5.74, 6) is -1.45. The zero-order valence-electron chi connectivity index (χ0n) is 10.8. The second kappa shape index (κ2) is 5.76.